The van der Waals surface area contributed by atoms with Crippen molar-refractivity contribution in [2.24, 2.45) is 4.99 Å². The summed E-state index contributed by atoms with van der Waals surface area (Å²) in [6.07, 6.45) is 18.8. The van der Waals surface area contributed by atoms with E-state index in [9.17, 15) is 0 Å². The van der Waals surface area contributed by atoms with E-state index in [4.69, 9.17) is 0 Å². The van der Waals surface area contributed by atoms with Gasteiger partial charge >= 0.3 is 0 Å². The van der Waals surface area contributed by atoms with Crippen molar-refractivity contribution in [3.63, 3.8) is 0 Å². The van der Waals surface area contributed by atoms with Crippen LogP contribution in [-0.2, 0) is 0 Å². The Hall–Kier alpha value is -2.87. The number of hydrogen-bond donors (Lipinski definition) is 0. The van der Waals surface area contributed by atoms with Gasteiger partial charge in [0.15, 0.2) is 0 Å². The number of nitrogens with zero attached hydrogens (tertiary/aromatic N) is 2. The van der Waals surface area contributed by atoms with Gasteiger partial charge in [0, 0.05) is 22.8 Å². The van der Waals surface area contributed by atoms with E-state index in [2.05, 4.69) is 37.4 Å². The van der Waals surface area contributed by atoms with E-state index in [0.717, 1.165) is 26.5 Å². The van der Waals surface area contributed by atoms with E-state index >= 15 is 0 Å². The van der Waals surface area contributed by atoms with E-state index in [-0.39, 0.29) is 0 Å². The Labute approximate surface area is 137 Å². The third kappa shape index (κ3) is 3.86. The molecule has 0 saturated heterocycles. The highest BCUT2D eigenvalue weighted by Crippen LogP contribution is 1.74. The fraction of sp³-hybridized carbons (Fsp3) is 0.0952. The quantitative estimate of drug-likeness (QED) is 0.788. The Morgan fingerprint density at radius 1 is 0.870 bits per heavy atom. The molecule has 0 radical (unpaired) electrons. The maximum atomic E-state index is 4.46. The first-order valence-electron chi connectivity index (χ1n) is 7.46. The molecule has 1 heterocycles. The molecule has 1 rings (SSSR count). The molecule has 118 valence electrons. The highest BCUT2D eigenvalue weighted by molar-refractivity contribution is 5.47. The minimum Gasteiger partial charge on any atom is -0.301 e. The lowest BCUT2D eigenvalue weighted by atomic mass is 10.1. The highest BCUT2D eigenvalue weighted by atomic mass is 15.0. The highest BCUT2D eigenvalue weighted by Gasteiger charge is 2.00. The lowest BCUT2D eigenvalue weighted by molar-refractivity contribution is 0.931. The lowest BCUT2D eigenvalue weighted by Gasteiger charge is -2.06. The minimum atomic E-state index is 0.774. The molecule has 0 aliphatic rings. The SMILES string of the molecule is C=CC=c1c(=C/C)/c(=C\C=C/C)c(=NC=C)n(C=C)/c1=C/C=C. The van der Waals surface area contributed by atoms with Crippen molar-refractivity contribution < 1.29 is 0 Å². The van der Waals surface area contributed by atoms with E-state index in [1.165, 1.54) is 6.20 Å². The molecule has 1 aromatic rings. The van der Waals surface area contributed by atoms with Crippen LogP contribution in [0.4, 0.5) is 0 Å². The van der Waals surface area contributed by atoms with Gasteiger partial charge in [-0.15, -0.1) is 0 Å². The van der Waals surface area contributed by atoms with Crippen LogP contribution in [0.15, 0.2) is 61.8 Å². The molecule has 0 saturated carbocycles. The number of rotatable bonds is 5. The molecule has 0 atom stereocenters. The number of hydrogen-bond acceptors (Lipinski definition) is 1. The first kappa shape index (κ1) is 18.2. The van der Waals surface area contributed by atoms with Gasteiger partial charge in [-0.2, -0.15) is 0 Å². The van der Waals surface area contributed by atoms with Crippen molar-refractivity contribution in [1.82, 2.24) is 4.57 Å². The van der Waals surface area contributed by atoms with Crippen LogP contribution in [0.1, 0.15) is 13.8 Å². The largest absolute Gasteiger partial charge is 0.301 e. The topological polar surface area (TPSA) is 17.3 Å². The fourth-order valence-electron chi connectivity index (χ4n) is 2.42. The van der Waals surface area contributed by atoms with Crippen molar-refractivity contribution in [2.45, 2.75) is 13.8 Å². The van der Waals surface area contributed by atoms with Crippen molar-refractivity contribution in [1.29, 1.82) is 0 Å². The second-order valence-electron chi connectivity index (χ2n) is 4.60. The Balaban J connectivity index is 4.61. The molecule has 2 heteroatoms. The smallest absolute Gasteiger partial charge is 0.144 e. The van der Waals surface area contributed by atoms with E-state index in [1.54, 1.807) is 18.4 Å². The second-order valence-corrected chi connectivity index (χ2v) is 4.60. The summed E-state index contributed by atoms with van der Waals surface area (Å²) in [5.74, 6) is 0. The molecule has 0 amide bonds. The third-order valence-corrected chi connectivity index (χ3v) is 3.29. The molecule has 0 fully saturated rings. The monoisotopic (exact) mass is 304 g/mol. The van der Waals surface area contributed by atoms with Gasteiger partial charge < -0.3 is 4.57 Å². The normalized spacial score (nSPS) is 15.5. The van der Waals surface area contributed by atoms with Gasteiger partial charge in [-0.05, 0) is 25.1 Å². The molecule has 0 N–H and O–H groups in total. The zero-order valence-electron chi connectivity index (χ0n) is 14.0. The van der Waals surface area contributed by atoms with Crippen LogP contribution >= 0.6 is 0 Å². The summed E-state index contributed by atoms with van der Waals surface area (Å²) in [5.41, 5.74) is 0.774. The predicted octanol–water partition coefficient (Wildman–Crippen LogP) is 1.72. The number of aromatic nitrogens is 1. The summed E-state index contributed by atoms with van der Waals surface area (Å²) in [4.78, 5) is 4.46. The first-order valence-corrected chi connectivity index (χ1v) is 7.46. The van der Waals surface area contributed by atoms with Crippen LogP contribution in [0.2, 0.25) is 0 Å². The van der Waals surface area contributed by atoms with Gasteiger partial charge in [0.25, 0.3) is 0 Å². The summed E-state index contributed by atoms with van der Waals surface area (Å²) in [6, 6.07) is 0. The standard InChI is InChI=1S/C21H24N2/c1-7-13-16-19-17(10-4)18(14-8-2)20(15-9-3)23(12-6)21(19)22-11-5/h7-16H,2-3,5-6H2,1,4H3/b13-7-,17-10-,18-14?,19-16+,20-15+,22-21?. The third-order valence-electron chi connectivity index (χ3n) is 3.29. The molecule has 2 nitrogen and oxygen atoms in total. The number of allylic oxidation sites excluding steroid dienone is 4. The van der Waals surface area contributed by atoms with E-state index < -0.39 is 0 Å². The molecular weight excluding hydrogens is 280 g/mol. The Morgan fingerprint density at radius 2 is 1.57 bits per heavy atom. The van der Waals surface area contributed by atoms with Gasteiger partial charge in [0.1, 0.15) is 5.49 Å². The fourth-order valence-corrected chi connectivity index (χ4v) is 2.42. The van der Waals surface area contributed by atoms with Crippen LogP contribution < -0.4 is 26.5 Å². The van der Waals surface area contributed by atoms with E-state index in [1.807, 2.05) is 48.8 Å². The molecule has 0 spiro atoms. The first-order chi connectivity index (χ1) is 11.2. The van der Waals surface area contributed by atoms with Gasteiger partial charge in [-0.1, -0.05) is 68.8 Å². The maximum absolute atomic E-state index is 4.46. The Kier molecular flexibility index (Phi) is 7.28. The molecular formula is C21H24N2. The van der Waals surface area contributed by atoms with Crippen LogP contribution in [0.25, 0.3) is 30.5 Å². The van der Waals surface area contributed by atoms with E-state index in [0.29, 0.717) is 0 Å². The lowest BCUT2D eigenvalue weighted by Crippen LogP contribution is -2.61. The van der Waals surface area contributed by atoms with Crippen LogP contribution in [-0.4, -0.2) is 4.57 Å². The number of pyridine rings is 1. The molecule has 0 aliphatic heterocycles. The summed E-state index contributed by atoms with van der Waals surface area (Å²) < 4.78 is 1.93. The molecule has 0 unspecified atom stereocenters. The van der Waals surface area contributed by atoms with Crippen molar-refractivity contribution >= 4 is 30.5 Å². The Morgan fingerprint density at radius 3 is 2.04 bits per heavy atom. The van der Waals surface area contributed by atoms with Gasteiger partial charge in [0.05, 0.1) is 5.35 Å². The molecule has 0 aromatic carbocycles. The van der Waals surface area contributed by atoms with Crippen LogP contribution in [0.5, 0.6) is 0 Å². The summed E-state index contributed by atoms with van der Waals surface area (Å²) in [7, 11) is 0. The average Bonchev–Trinajstić information content (AvgIpc) is 2.56. The summed E-state index contributed by atoms with van der Waals surface area (Å²) in [5, 5.41) is 4.07. The van der Waals surface area contributed by atoms with Crippen molar-refractivity contribution in [2.75, 3.05) is 0 Å². The van der Waals surface area contributed by atoms with Crippen molar-refractivity contribution in [3.8, 4) is 0 Å². The maximum Gasteiger partial charge on any atom is 0.144 e. The molecule has 0 bridgehead atoms. The molecule has 23 heavy (non-hydrogen) atoms. The van der Waals surface area contributed by atoms with Gasteiger partial charge in [0.2, 0.25) is 0 Å². The molecule has 0 aliphatic carbocycles. The summed E-state index contributed by atoms with van der Waals surface area (Å²) in [6.45, 7) is 19.3. The van der Waals surface area contributed by atoms with Crippen LogP contribution in [0, 0.1) is 0 Å². The van der Waals surface area contributed by atoms with Crippen LogP contribution in [0.3, 0.4) is 0 Å². The Bertz CT molecular complexity index is 949. The summed E-state index contributed by atoms with van der Waals surface area (Å²) >= 11 is 0. The molecule has 1 aromatic heterocycles. The van der Waals surface area contributed by atoms with Crippen molar-refractivity contribution in [3.05, 3.63) is 83.3 Å². The predicted molar refractivity (Wildman–Crippen MR) is 104 cm³/mol. The second kappa shape index (κ2) is 9.21. The van der Waals surface area contributed by atoms with Gasteiger partial charge in [-0.3, -0.25) is 0 Å². The zero-order chi connectivity index (χ0) is 17.2. The minimum absolute atomic E-state index is 0.774. The average molecular weight is 304 g/mol. The zero-order valence-corrected chi connectivity index (χ0v) is 14.0. The van der Waals surface area contributed by atoms with Gasteiger partial charge in [-0.25, -0.2) is 4.99 Å².